The van der Waals surface area contributed by atoms with Gasteiger partial charge >= 0.3 is 0 Å². The minimum Gasteiger partial charge on any atom is -0.394 e. The maximum atomic E-state index is 13.4. The molecule has 0 radical (unpaired) electrons. The number of allylic oxidation sites excluding steroid dienone is 3. The highest BCUT2D eigenvalue weighted by atomic mass is 16.7. The van der Waals surface area contributed by atoms with Gasteiger partial charge in [-0.2, -0.15) is 0 Å². The lowest BCUT2D eigenvalue weighted by molar-refractivity contribution is -0.359. The summed E-state index contributed by atoms with van der Waals surface area (Å²) in [5, 5.41) is 87.9. The molecule has 622 valence electrons. The standard InChI is InChI=1S/C91H175NO13/c1-3-5-7-9-11-13-15-17-19-21-23-25-27-29-31-33-35-37-38-39-40-41-42-43-45-47-49-51-53-55-57-59-61-63-65-67-69-71-73-75-83(96)92-79(78-102-90-88(101)86(99)89(82(77-94)104-90)105-91-87(100)85(98)84(97)81(76-93)103-91)80(95)74-72-70-68-66-64-62-60-58-56-54-52-50-48-46-44-36-34-32-30-28-26-24-22-20-18-16-14-12-10-8-6-4-2/h21,23,72,74,79-82,84-91,93-95,97-101H,3-20,22,24-71,73,75-78H2,1-2H3,(H,92,96)/b23-21-,74-72+. The molecule has 9 N–H and O–H groups in total. The summed E-state index contributed by atoms with van der Waals surface area (Å²) in [7, 11) is 0. The third-order valence-corrected chi connectivity index (χ3v) is 22.9. The Labute approximate surface area is 647 Å². The van der Waals surface area contributed by atoms with E-state index in [9.17, 15) is 45.6 Å². The van der Waals surface area contributed by atoms with Gasteiger partial charge in [0.05, 0.1) is 32.0 Å². The van der Waals surface area contributed by atoms with Gasteiger partial charge < -0.3 is 65.1 Å². The highest BCUT2D eigenvalue weighted by Crippen LogP contribution is 2.31. The lowest BCUT2D eigenvalue weighted by atomic mass is 9.97. The van der Waals surface area contributed by atoms with Crippen LogP contribution in [0.3, 0.4) is 0 Å². The first-order valence-corrected chi connectivity index (χ1v) is 46.1. The van der Waals surface area contributed by atoms with Crippen LogP contribution in [0.15, 0.2) is 24.3 Å². The lowest BCUT2D eigenvalue weighted by Crippen LogP contribution is -2.65. The van der Waals surface area contributed by atoms with Crippen molar-refractivity contribution < 1.29 is 64.6 Å². The van der Waals surface area contributed by atoms with Crippen LogP contribution in [0.2, 0.25) is 0 Å². The van der Waals surface area contributed by atoms with Gasteiger partial charge in [-0.15, -0.1) is 0 Å². The Morgan fingerprint density at radius 2 is 0.600 bits per heavy atom. The molecule has 0 aliphatic carbocycles. The Morgan fingerprint density at radius 1 is 0.333 bits per heavy atom. The smallest absolute Gasteiger partial charge is 0.220 e. The van der Waals surface area contributed by atoms with E-state index in [1.165, 1.54) is 392 Å². The molecule has 2 saturated heterocycles. The number of ether oxygens (including phenoxy) is 4. The number of carbonyl (C=O) groups is 1. The number of amides is 1. The number of unbranched alkanes of at least 4 members (excludes halogenated alkanes) is 65. The van der Waals surface area contributed by atoms with E-state index in [2.05, 4.69) is 31.3 Å². The van der Waals surface area contributed by atoms with Gasteiger partial charge in [0.1, 0.15) is 48.8 Å². The van der Waals surface area contributed by atoms with Crippen LogP contribution in [-0.4, -0.2) is 140 Å². The molecular weight excluding hydrogens is 1310 g/mol. The SMILES string of the molecule is CCCCCCCCCC/C=C\CCCCCCCCCCCCCCCCCCCCCCCCCCCCCC(=O)NC(COC1OC(CO)C(OC2OC(CO)C(O)C(O)C2O)C(O)C1O)C(O)/C=C/CCCCCCCCCCCCCCCCCCCCCCCCCCCCCCCC. The third-order valence-electron chi connectivity index (χ3n) is 22.9. The molecule has 14 nitrogen and oxygen atoms in total. The zero-order chi connectivity index (χ0) is 75.8. The van der Waals surface area contributed by atoms with Crippen LogP contribution in [0.4, 0.5) is 0 Å². The molecule has 0 aromatic carbocycles. The first-order chi connectivity index (χ1) is 51.6. The molecule has 2 heterocycles. The topological polar surface area (TPSA) is 228 Å². The Kier molecular flexibility index (Phi) is 71.3. The Hall–Kier alpha value is -1.53. The Balaban J connectivity index is 1.55. The van der Waals surface area contributed by atoms with E-state index in [1.54, 1.807) is 6.08 Å². The maximum absolute atomic E-state index is 13.4. The molecule has 0 bridgehead atoms. The minimum absolute atomic E-state index is 0.228. The van der Waals surface area contributed by atoms with Crippen molar-refractivity contribution in [3.05, 3.63) is 24.3 Å². The van der Waals surface area contributed by atoms with Crippen molar-refractivity contribution in [3.63, 3.8) is 0 Å². The van der Waals surface area contributed by atoms with Gasteiger partial charge in [-0.25, -0.2) is 0 Å². The molecule has 0 spiro atoms. The third kappa shape index (κ3) is 57.2. The summed E-state index contributed by atoms with van der Waals surface area (Å²) in [5.74, 6) is -0.228. The average molecular weight is 1490 g/mol. The van der Waals surface area contributed by atoms with E-state index in [0.29, 0.717) is 6.42 Å². The van der Waals surface area contributed by atoms with E-state index < -0.39 is 86.8 Å². The number of carbonyl (C=O) groups excluding carboxylic acids is 1. The second kappa shape index (κ2) is 75.2. The van der Waals surface area contributed by atoms with E-state index in [4.69, 9.17) is 18.9 Å². The van der Waals surface area contributed by atoms with Gasteiger partial charge in [-0.05, 0) is 44.9 Å². The second-order valence-corrected chi connectivity index (χ2v) is 32.8. The molecule has 0 aromatic rings. The van der Waals surface area contributed by atoms with E-state index >= 15 is 0 Å². The summed E-state index contributed by atoms with van der Waals surface area (Å²) in [4.78, 5) is 13.4. The molecule has 2 aliphatic rings. The van der Waals surface area contributed by atoms with Crippen LogP contribution in [0.5, 0.6) is 0 Å². The van der Waals surface area contributed by atoms with Crippen molar-refractivity contribution in [1.82, 2.24) is 5.32 Å². The number of hydrogen-bond donors (Lipinski definition) is 9. The molecule has 105 heavy (non-hydrogen) atoms. The Bertz CT molecular complexity index is 1860. The summed E-state index contributed by atoms with van der Waals surface area (Å²) in [6, 6.07) is -0.914. The number of hydrogen-bond acceptors (Lipinski definition) is 13. The fraction of sp³-hybridized carbons (Fsp3) is 0.945. The molecule has 2 aliphatic heterocycles. The number of nitrogens with one attached hydrogen (secondary N) is 1. The molecule has 0 saturated carbocycles. The fourth-order valence-electron chi connectivity index (χ4n) is 15.7. The second-order valence-electron chi connectivity index (χ2n) is 32.8. The van der Waals surface area contributed by atoms with Crippen LogP contribution in [-0.2, 0) is 23.7 Å². The first-order valence-electron chi connectivity index (χ1n) is 46.1. The molecular formula is C91H175NO13. The summed E-state index contributed by atoms with van der Waals surface area (Å²) in [5.41, 5.74) is 0. The van der Waals surface area contributed by atoms with Crippen LogP contribution in [0.1, 0.15) is 457 Å². The minimum atomic E-state index is -1.79. The largest absolute Gasteiger partial charge is 0.394 e. The summed E-state index contributed by atoms with van der Waals surface area (Å²) in [6.07, 6.45) is 83.1. The van der Waals surface area contributed by atoms with Gasteiger partial charge in [0.2, 0.25) is 5.91 Å². The zero-order valence-corrected chi connectivity index (χ0v) is 68.8. The summed E-state index contributed by atoms with van der Waals surface area (Å²) >= 11 is 0. The first kappa shape index (κ1) is 99.5. The molecule has 0 aromatic heterocycles. The molecule has 1 amide bonds. The lowest BCUT2D eigenvalue weighted by Gasteiger charge is -2.46. The normalized spacial score (nSPS) is 21.4. The van der Waals surface area contributed by atoms with Gasteiger partial charge in [-0.1, -0.05) is 430 Å². The predicted molar refractivity (Wildman–Crippen MR) is 438 cm³/mol. The number of aliphatic hydroxyl groups is 8. The zero-order valence-electron chi connectivity index (χ0n) is 68.8. The fourth-order valence-corrected chi connectivity index (χ4v) is 15.7. The van der Waals surface area contributed by atoms with Crippen molar-refractivity contribution in [3.8, 4) is 0 Å². The maximum Gasteiger partial charge on any atom is 0.220 e. The van der Waals surface area contributed by atoms with Crippen molar-refractivity contribution >= 4 is 5.91 Å². The van der Waals surface area contributed by atoms with E-state index in [-0.39, 0.29) is 18.9 Å². The number of aliphatic hydroxyl groups excluding tert-OH is 8. The molecule has 12 unspecified atom stereocenters. The highest BCUT2D eigenvalue weighted by Gasteiger charge is 2.51. The van der Waals surface area contributed by atoms with Crippen LogP contribution >= 0.6 is 0 Å². The average Bonchev–Trinajstić information content (AvgIpc) is 0.789. The summed E-state index contributed by atoms with van der Waals surface area (Å²) < 4.78 is 23.0. The predicted octanol–water partition coefficient (Wildman–Crippen LogP) is 22.5. The van der Waals surface area contributed by atoms with Gasteiger partial charge in [0.15, 0.2) is 12.6 Å². The van der Waals surface area contributed by atoms with Gasteiger partial charge in [-0.3, -0.25) is 4.79 Å². The quantitative estimate of drug-likeness (QED) is 0.0204. The van der Waals surface area contributed by atoms with Crippen LogP contribution < -0.4 is 5.32 Å². The monoisotopic (exact) mass is 1490 g/mol. The van der Waals surface area contributed by atoms with Gasteiger partial charge in [0, 0.05) is 6.42 Å². The number of rotatable bonds is 80. The van der Waals surface area contributed by atoms with Crippen LogP contribution in [0.25, 0.3) is 0 Å². The van der Waals surface area contributed by atoms with Crippen molar-refractivity contribution in [2.45, 2.75) is 530 Å². The van der Waals surface area contributed by atoms with Gasteiger partial charge in [0.25, 0.3) is 0 Å². The van der Waals surface area contributed by atoms with Crippen LogP contribution in [0, 0.1) is 0 Å². The Morgan fingerprint density at radius 3 is 0.905 bits per heavy atom. The molecule has 2 rings (SSSR count). The van der Waals surface area contributed by atoms with Crippen molar-refractivity contribution in [2.75, 3.05) is 19.8 Å². The summed E-state index contributed by atoms with van der Waals surface area (Å²) in [6.45, 7) is 2.89. The van der Waals surface area contributed by atoms with Crippen molar-refractivity contribution in [1.29, 1.82) is 0 Å². The van der Waals surface area contributed by atoms with E-state index in [1.807, 2.05) is 6.08 Å². The van der Waals surface area contributed by atoms with Crippen molar-refractivity contribution in [2.24, 2.45) is 0 Å². The molecule has 14 heteroatoms. The molecule has 2 fully saturated rings. The van der Waals surface area contributed by atoms with E-state index in [0.717, 1.165) is 38.5 Å². The molecule has 12 atom stereocenters. The highest BCUT2D eigenvalue weighted by molar-refractivity contribution is 5.76.